The maximum Gasteiger partial charge on any atom is 0.176 e. The van der Waals surface area contributed by atoms with Crippen LogP contribution in [0.25, 0.3) is 10.1 Å². The third kappa shape index (κ3) is 1.08. The van der Waals surface area contributed by atoms with Crippen LogP contribution in [0.1, 0.15) is 15.9 Å². The van der Waals surface area contributed by atoms with E-state index in [4.69, 9.17) is 0 Å². The summed E-state index contributed by atoms with van der Waals surface area (Å²) in [5.41, 5.74) is 2.27. The van der Waals surface area contributed by atoms with Gasteiger partial charge in [0.25, 0.3) is 0 Å². The topological polar surface area (TPSA) is 17.1 Å². The molecule has 1 unspecified atom stereocenters. The lowest BCUT2D eigenvalue weighted by atomic mass is 9.92. The maximum absolute atomic E-state index is 11.9. The van der Waals surface area contributed by atoms with Gasteiger partial charge in [-0.25, -0.2) is 0 Å². The fraction of sp³-hybridized carbons (Fsp3) is 0.182. The van der Waals surface area contributed by atoms with Crippen LogP contribution in [0.3, 0.4) is 0 Å². The van der Waals surface area contributed by atoms with Gasteiger partial charge in [-0.2, -0.15) is 0 Å². The molecule has 14 heavy (non-hydrogen) atoms. The van der Waals surface area contributed by atoms with Crippen LogP contribution >= 0.6 is 33.9 Å². The molecule has 3 heteroatoms. The van der Waals surface area contributed by atoms with Crippen LogP contribution in [-0.2, 0) is 6.42 Å². The molecule has 0 radical (unpaired) electrons. The molecule has 1 atom stereocenters. The molecule has 1 aliphatic rings. The van der Waals surface area contributed by atoms with Crippen molar-refractivity contribution in [2.75, 3.05) is 0 Å². The van der Waals surface area contributed by atoms with E-state index in [1.165, 1.54) is 15.6 Å². The number of hydrogen-bond acceptors (Lipinski definition) is 2. The van der Waals surface area contributed by atoms with Crippen molar-refractivity contribution < 1.29 is 4.79 Å². The lowest BCUT2D eigenvalue weighted by Gasteiger charge is -2.16. The summed E-state index contributed by atoms with van der Waals surface area (Å²) in [6.07, 6.45) is 0.899. The van der Waals surface area contributed by atoms with Crippen molar-refractivity contribution in [1.29, 1.82) is 0 Å². The van der Waals surface area contributed by atoms with Gasteiger partial charge >= 0.3 is 0 Å². The predicted octanol–water partition coefficient (Wildman–Crippen LogP) is 3.44. The van der Waals surface area contributed by atoms with Crippen molar-refractivity contribution in [3.8, 4) is 0 Å². The standard InChI is InChI=1S/C11H7IOS/c12-8-4-6-5-14-9-3-1-2-7(10(6)9)11(8)13/h1-3,5,8H,4H2. The summed E-state index contributed by atoms with van der Waals surface area (Å²) >= 11 is 3.98. The molecule has 0 amide bonds. The Labute approximate surface area is 99.3 Å². The summed E-state index contributed by atoms with van der Waals surface area (Å²) in [5, 5.41) is 3.39. The van der Waals surface area contributed by atoms with E-state index in [0.717, 1.165) is 12.0 Å². The number of carbonyl (C=O) groups excluding carboxylic acids is 1. The van der Waals surface area contributed by atoms with Gasteiger partial charge < -0.3 is 0 Å². The molecule has 70 valence electrons. The van der Waals surface area contributed by atoms with Gasteiger partial charge in [-0.05, 0) is 23.4 Å². The zero-order valence-electron chi connectivity index (χ0n) is 7.29. The number of Topliss-reactive ketones (excluding diaryl/α,β-unsaturated/α-hetero) is 1. The van der Waals surface area contributed by atoms with E-state index >= 15 is 0 Å². The molecule has 0 bridgehead atoms. The van der Waals surface area contributed by atoms with E-state index in [9.17, 15) is 4.79 Å². The summed E-state index contributed by atoms with van der Waals surface area (Å²) in [6, 6.07) is 6.02. The first-order chi connectivity index (χ1) is 6.77. The first kappa shape index (κ1) is 8.85. The molecule has 1 heterocycles. The van der Waals surface area contributed by atoms with E-state index < -0.39 is 0 Å². The zero-order chi connectivity index (χ0) is 9.71. The number of halogens is 1. The van der Waals surface area contributed by atoms with E-state index in [2.05, 4.69) is 34.0 Å². The SMILES string of the molecule is O=C1c2cccc3scc(c23)CC1I. The molecule has 3 rings (SSSR count). The second-order valence-electron chi connectivity index (χ2n) is 3.48. The largest absolute Gasteiger partial charge is 0.293 e. The second kappa shape index (κ2) is 3.03. The third-order valence-electron chi connectivity index (χ3n) is 2.62. The van der Waals surface area contributed by atoms with Crippen LogP contribution in [0.2, 0.25) is 0 Å². The molecular formula is C11H7IOS. The number of hydrogen-bond donors (Lipinski definition) is 0. The Bertz CT molecular complexity index is 529. The van der Waals surface area contributed by atoms with Gasteiger partial charge in [0.05, 0.1) is 3.92 Å². The summed E-state index contributed by atoms with van der Waals surface area (Å²) in [6.45, 7) is 0. The summed E-state index contributed by atoms with van der Waals surface area (Å²) < 4.78 is 1.37. The number of thiophene rings is 1. The Morgan fingerprint density at radius 3 is 3.14 bits per heavy atom. The highest BCUT2D eigenvalue weighted by molar-refractivity contribution is 14.1. The van der Waals surface area contributed by atoms with Crippen LogP contribution in [-0.4, -0.2) is 9.71 Å². The molecule has 0 N–H and O–H groups in total. The molecular weight excluding hydrogens is 307 g/mol. The van der Waals surface area contributed by atoms with Crippen LogP contribution in [0.4, 0.5) is 0 Å². The third-order valence-corrected chi connectivity index (χ3v) is 4.63. The van der Waals surface area contributed by atoms with Gasteiger partial charge in [0.15, 0.2) is 5.78 Å². The molecule has 2 aromatic rings. The Balaban J connectivity index is 2.44. The summed E-state index contributed by atoms with van der Waals surface area (Å²) in [5.74, 6) is 0.294. The van der Waals surface area contributed by atoms with Gasteiger partial charge in [-0.15, -0.1) is 11.3 Å². The fourth-order valence-electron chi connectivity index (χ4n) is 1.96. The van der Waals surface area contributed by atoms with E-state index in [0.29, 0.717) is 5.78 Å². The van der Waals surface area contributed by atoms with Gasteiger partial charge in [-0.1, -0.05) is 34.7 Å². The number of alkyl halides is 1. The first-order valence-electron chi connectivity index (χ1n) is 4.45. The summed E-state index contributed by atoms with van der Waals surface area (Å²) in [4.78, 5) is 11.9. The molecule has 0 fully saturated rings. The molecule has 0 spiro atoms. The lowest BCUT2D eigenvalue weighted by molar-refractivity contribution is 0.0993. The number of ketones is 1. The fourth-order valence-corrected chi connectivity index (χ4v) is 3.77. The molecule has 1 aromatic heterocycles. The first-order valence-corrected chi connectivity index (χ1v) is 6.57. The van der Waals surface area contributed by atoms with Gasteiger partial charge in [-0.3, -0.25) is 4.79 Å². The van der Waals surface area contributed by atoms with Gasteiger partial charge in [0, 0.05) is 15.6 Å². The van der Waals surface area contributed by atoms with Crippen LogP contribution in [0.5, 0.6) is 0 Å². The number of benzene rings is 1. The van der Waals surface area contributed by atoms with Crippen molar-refractivity contribution in [3.05, 3.63) is 34.7 Å². The molecule has 1 nitrogen and oxygen atoms in total. The average molecular weight is 314 g/mol. The number of carbonyl (C=O) groups is 1. The van der Waals surface area contributed by atoms with E-state index in [1.807, 2.05) is 12.1 Å². The highest BCUT2D eigenvalue weighted by Gasteiger charge is 2.26. The minimum Gasteiger partial charge on any atom is -0.293 e. The van der Waals surface area contributed by atoms with Crippen LogP contribution in [0, 0.1) is 0 Å². The second-order valence-corrected chi connectivity index (χ2v) is 5.89. The van der Waals surface area contributed by atoms with Crippen LogP contribution < -0.4 is 0 Å². The normalized spacial score (nSPS) is 20.4. The zero-order valence-corrected chi connectivity index (χ0v) is 10.3. The molecule has 0 aliphatic heterocycles. The minimum atomic E-state index is 0.125. The van der Waals surface area contributed by atoms with Gasteiger partial charge in [0.2, 0.25) is 0 Å². The van der Waals surface area contributed by atoms with Crippen LogP contribution in [0.15, 0.2) is 23.6 Å². The van der Waals surface area contributed by atoms with E-state index in [1.54, 1.807) is 11.3 Å². The Morgan fingerprint density at radius 1 is 1.43 bits per heavy atom. The molecule has 0 saturated heterocycles. The Hall–Kier alpha value is -0.420. The van der Waals surface area contributed by atoms with Crippen molar-refractivity contribution in [2.24, 2.45) is 0 Å². The van der Waals surface area contributed by atoms with Crippen molar-refractivity contribution in [2.45, 2.75) is 10.3 Å². The molecule has 1 aromatic carbocycles. The highest BCUT2D eigenvalue weighted by atomic mass is 127. The predicted molar refractivity (Wildman–Crippen MR) is 67.7 cm³/mol. The summed E-state index contributed by atoms with van der Waals surface area (Å²) in [7, 11) is 0. The van der Waals surface area contributed by atoms with E-state index in [-0.39, 0.29) is 3.92 Å². The van der Waals surface area contributed by atoms with Crippen molar-refractivity contribution in [1.82, 2.24) is 0 Å². The Kier molecular flexibility index (Phi) is 1.92. The monoisotopic (exact) mass is 314 g/mol. The Morgan fingerprint density at radius 2 is 2.29 bits per heavy atom. The van der Waals surface area contributed by atoms with Crippen molar-refractivity contribution >= 4 is 49.8 Å². The minimum absolute atomic E-state index is 0.125. The molecule has 0 saturated carbocycles. The smallest absolute Gasteiger partial charge is 0.176 e. The lowest BCUT2D eigenvalue weighted by Crippen LogP contribution is -2.21. The quantitative estimate of drug-likeness (QED) is 0.538. The maximum atomic E-state index is 11.9. The highest BCUT2D eigenvalue weighted by Crippen LogP contribution is 2.36. The average Bonchev–Trinajstić information content (AvgIpc) is 2.59. The van der Waals surface area contributed by atoms with Crippen molar-refractivity contribution in [3.63, 3.8) is 0 Å². The van der Waals surface area contributed by atoms with Gasteiger partial charge in [0.1, 0.15) is 0 Å². The number of rotatable bonds is 0. The molecule has 1 aliphatic carbocycles.